The fraction of sp³-hybridized carbons (Fsp3) is 0.538. The van der Waals surface area contributed by atoms with E-state index in [0.29, 0.717) is 5.75 Å². The van der Waals surface area contributed by atoms with Crippen LogP contribution in [0.2, 0.25) is 0 Å². The molecule has 0 amide bonds. The van der Waals surface area contributed by atoms with Gasteiger partial charge in [0, 0.05) is 13.1 Å². The van der Waals surface area contributed by atoms with E-state index in [1.165, 1.54) is 0 Å². The standard InChI is InChI=1S/C13H18F3NO3/c1-9-2-4-11(5-3-9)20-8-10(18)6-17-7-12(19)13(14,15)16/h2-5,10,12,17-19H,6-8H2,1H3. The maximum absolute atomic E-state index is 12.0. The Balaban J connectivity index is 2.20. The van der Waals surface area contributed by atoms with E-state index in [4.69, 9.17) is 9.84 Å². The van der Waals surface area contributed by atoms with Crippen molar-refractivity contribution in [1.29, 1.82) is 0 Å². The maximum atomic E-state index is 12.0. The van der Waals surface area contributed by atoms with Gasteiger partial charge in [-0.15, -0.1) is 0 Å². The summed E-state index contributed by atoms with van der Waals surface area (Å²) in [5.41, 5.74) is 1.07. The van der Waals surface area contributed by atoms with Crippen molar-refractivity contribution in [3.63, 3.8) is 0 Å². The quantitative estimate of drug-likeness (QED) is 0.708. The van der Waals surface area contributed by atoms with Crippen molar-refractivity contribution < 1.29 is 28.1 Å². The molecule has 0 heterocycles. The molecule has 0 saturated carbocycles. The minimum absolute atomic E-state index is 0.0435. The van der Waals surface area contributed by atoms with Crippen LogP contribution in [0.5, 0.6) is 5.75 Å². The van der Waals surface area contributed by atoms with Crippen LogP contribution in [0.25, 0.3) is 0 Å². The van der Waals surface area contributed by atoms with Crippen LogP contribution < -0.4 is 10.1 Å². The van der Waals surface area contributed by atoms with Gasteiger partial charge in [-0.05, 0) is 19.1 Å². The second-order valence-corrected chi connectivity index (χ2v) is 4.49. The number of halogens is 3. The molecule has 1 rings (SSSR count). The molecule has 2 atom stereocenters. The molecular weight excluding hydrogens is 275 g/mol. The Hall–Kier alpha value is -1.31. The van der Waals surface area contributed by atoms with E-state index in [1.54, 1.807) is 12.1 Å². The number of ether oxygens (including phenoxy) is 1. The molecule has 0 aromatic heterocycles. The number of hydrogen-bond donors (Lipinski definition) is 3. The lowest BCUT2D eigenvalue weighted by molar-refractivity contribution is -0.202. The molecule has 7 heteroatoms. The highest BCUT2D eigenvalue weighted by molar-refractivity contribution is 5.26. The fourth-order valence-electron chi connectivity index (χ4n) is 1.39. The van der Waals surface area contributed by atoms with Gasteiger partial charge < -0.3 is 20.3 Å². The normalized spacial score (nSPS) is 14.9. The van der Waals surface area contributed by atoms with E-state index in [9.17, 15) is 18.3 Å². The molecule has 0 aliphatic rings. The summed E-state index contributed by atoms with van der Waals surface area (Å²) in [7, 11) is 0. The lowest BCUT2D eigenvalue weighted by atomic mass is 10.2. The van der Waals surface area contributed by atoms with Gasteiger partial charge in [-0.1, -0.05) is 17.7 Å². The Morgan fingerprint density at radius 3 is 2.30 bits per heavy atom. The van der Waals surface area contributed by atoms with Crippen molar-refractivity contribution in [1.82, 2.24) is 5.32 Å². The van der Waals surface area contributed by atoms with E-state index < -0.39 is 24.9 Å². The van der Waals surface area contributed by atoms with Crippen molar-refractivity contribution in [2.45, 2.75) is 25.3 Å². The molecule has 114 valence electrons. The Morgan fingerprint density at radius 1 is 1.15 bits per heavy atom. The number of hydrogen-bond acceptors (Lipinski definition) is 4. The van der Waals surface area contributed by atoms with Gasteiger partial charge in [0.2, 0.25) is 0 Å². The summed E-state index contributed by atoms with van der Waals surface area (Å²) in [4.78, 5) is 0. The van der Waals surface area contributed by atoms with Crippen molar-refractivity contribution in [2.75, 3.05) is 19.7 Å². The molecule has 0 aliphatic heterocycles. The lowest BCUT2D eigenvalue weighted by Crippen LogP contribution is -2.41. The second kappa shape index (κ2) is 7.47. The van der Waals surface area contributed by atoms with Crippen LogP contribution in [0, 0.1) is 6.92 Å². The molecule has 2 unspecified atom stereocenters. The van der Waals surface area contributed by atoms with Crippen molar-refractivity contribution >= 4 is 0 Å². The first kappa shape index (κ1) is 16.7. The summed E-state index contributed by atoms with van der Waals surface area (Å²) in [6, 6.07) is 7.17. The summed E-state index contributed by atoms with van der Waals surface area (Å²) in [6.07, 6.45) is -8.06. The number of aliphatic hydroxyl groups excluding tert-OH is 2. The molecule has 0 fully saturated rings. The van der Waals surface area contributed by atoms with Gasteiger partial charge in [-0.2, -0.15) is 13.2 Å². The summed E-state index contributed by atoms with van der Waals surface area (Å²) >= 11 is 0. The van der Waals surface area contributed by atoms with Crippen LogP contribution >= 0.6 is 0 Å². The van der Waals surface area contributed by atoms with Crippen LogP contribution in [0.3, 0.4) is 0 Å². The average Bonchev–Trinajstić information content (AvgIpc) is 2.37. The molecule has 4 nitrogen and oxygen atoms in total. The van der Waals surface area contributed by atoms with E-state index in [1.807, 2.05) is 19.1 Å². The van der Waals surface area contributed by atoms with Crippen molar-refractivity contribution in [2.24, 2.45) is 0 Å². The Kier molecular flexibility index (Phi) is 6.25. The number of nitrogens with one attached hydrogen (secondary N) is 1. The van der Waals surface area contributed by atoms with Crippen LogP contribution in [0.4, 0.5) is 13.2 Å². The van der Waals surface area contributed by atoms with Gasteiger partial charge in [-0.25, -0.2) is 0 Å². The third kappa shape index (κ3) is 6.23. The third-order valence-electron chi connectivity index (χ3n) is 2.56. The number of benzene rings is 1. The van der Waals surface area contributed by atoms with E-state index in [2.05, 4.69) is 5.32 Å². The SMILES string of the molecule is Cc1ccc(OCC(O)CNCC(O)C(F)(F)F)cc1. The monoisotopic (exact) mass is 293 g/mol. The predicted octanol–water partition coefficient (Wildman–Crippen LogP) is 1.25. The zero-order valence-electron chi connectivity index (χ0n) is 11.0. The Morgan fingerprint density at radius 2 is 1.75 bits per heavy atom. The fourth-order valence-corrected chi connectivity index (χ4v) is 1.39. The summed E-state index contributed by atoms with van der Waals surface area (Å²) in [5.74, 6) is 0.574. The maximum Gasteiger partial charge on any atom is 0.415 e. The zero-order chi connectivity index (χ0) is 15.2. The minimum atomic E-state index is -4.66. The highest BCUT2D eigenvalue weighted by Gasteiger charge is 2.37. The molecular formula is C13H18F3NO3. The Labute approximate surface area is 115 Å². The van der Waals surface area contributed by atoms with E-state index in [-0.39, 0.29) is 13.2 Å². The van der Waals surface area contributed by atoms with E-state index >= 15 is 0 Å². The summed E-state index contributed by atoms with van der Waals surface area (Å²) in [5, 5.41) is 20.6. The molecule has 20 heavy (non-hydrogen) atoms. The number of alkyl halides is 3. The van der Waals surface area contributed by atoms with Crippen LogP contribution in [0.1, 0.15) is 5.56 Å². The van der Waals surface area contributed by atoms with Gasteiger partial charge in [0.1, 0.15) is 18.5 Å². The molecule has 0 bridgehead atoms. The van der Waals surface area contributed by atoms with Crippen molar-refractivity contribution in [3.8, 4) is 5.75 Å². The first-order valence-corrected chi connectivity index (χ1v) is 6.12. The highest BCUT2D eigenvalue weighted by Crippen LogP contribution is 2.19. The topological polar surface area (TPSA) is 61.7 Å². The second-order valence-electron chi connectivity index (χ2n) is 4.49. The molecule has 3 N–H and O–H groups in total. The molecule has 0 saturated heterocycles. The molecule has 0 aliphatic carbocycles. The van der Waals surface area contributed by atoms with Gasteiger partial charge in [0.25, 0.3) is 0 Å². The number of rotatable bonds is 7. The van der Waals surface area contributed by atoms with Gasteiger partial charge in [0.15, 0.2) is 6.10 Å². The van der Waals surface area contributed by atoms with Crippen LogP contribution in [-0.4, -0.2) is 48.3 Å². The zero-order valence-corrected chi connectivity index (χ0v) is 11.0. The van der Waals surface area contributed by atoms with Crippen LogP contribution in [0.15, 0.2) is 24.3 Å². The third-order valence-corrected chi connectivity index (χ3v) is 2.56. The average molecular weight is 293 g/mol. The lowest BCUT2D eigenvalue weighted by Gasteiger charge is -2.17. The predicted molar refractivity (Wildman–Crippen MR) is 67.6 cm³/mol. The largest absolute Gasteiger partial charge is 0.491 e. The first-order chi connectivity index (χ1) is 9.29. The van der Waals surface area contributed by atoms with E-state index in [0.717, 1.165) is 5.56 Å². The molecule has 1 aromatic carbocycles. The minimum Gasteiger partial charge on any atom is -0.491 e. The smallest absolute Gasteiger partial charge is 0.415 e. The van der Waals surface area contributed by atoms with Gasteiger partial charge >= 0.3 is 6.18 Å². The van der Waals surface area contributed by atoms with Crippen LogP contribution in [-0.2, 0) is 0 Å². The summed E-state index contributed by atoms with van der Waals surface area (Å²) < 4.78 is 41.3. The van der Waals surface area contributed by atoms with Gasteiger partial charge in [0.05, 0.1) is 0 Å². The highest BCUT2D eigenvalue weighted by atomic mass is 19.4. The number of aryl methyl sites for hydroxylation is 1. The van der Waals surface area contributed by atoms with Gasteiger partial charge in [-0.3, -0.25) is 0 Å². The number of aliphatic hydroxyl groups is 2. The summed E-state index contributed by atoms with van der Waals surface area (Å²) in [6.45, 7) is 1.12. The first-order valence-electron chi connectivity index (χ1n) is 6.12. The Bertz CT molecular complexity index is 395. The molecule has 0 radical (unpaired) electrons. The molecule has 0 spiro atoms. The molecule has 1 aromatic rings. The van der Waals surface area contributed by atoms with Crippen molar-refractivity contribution in [3.05, 3.63) is 29.8 Å².